The molecular weight excluding hydrogens is 518 g/mol. The van der Waals surface area contributed by atoms with E-state index in [4.69, 9.17) is 0 Å². The lowest BCUT2D eigenvalue weighted by Gasteiger charge is -2.48. The van der Waals surface area contributed by atoms with Crippen LogP contribution < -0.4 is 10.0 Å². The van der Waals surface area contributed by atoms with Crippen molar-refractivity contribution in [2.24, 2.45) is 10.3 Å². The topological polar surface area (TPSA) is 148 Å². The highest BCUT2D eigenvalue weighted by atomic mass is 32.2. The molecule has 1 aromatic rings. The molecule has 6 rings (SSSR count). The molecule has 0 bridgehead atoms. The number of anilines is 2. The zero-order chi connectivity index (χ0) is 26.1. The largest absolute Gasteiger partial charge is 0.510 e. The van der Waals surface area contributed by atoms with Crippen molar-refractivity contribution in [3.63, 3.8) is 0 Å². The number of amides is 1. The van der Waals surface area contributed by atoms with Crippen LogP contribution in [0.15, 0.2) is 38.8 Å². The summed E-state index contributed by atoms with van der Waals surface area (Å²) in [6.45, 7) is 0. The molecule has 3 N–H and O–H groups in total. The van der Waals surface area contributed by atoms with E-state index in [-0.39, 0.29) is 51.6 Å². The monoisotopic (exact) mass is 549 g/mol. The Morgan fingerprint density at radius 3 is 2.59 bits per heavy atom. The number of nitrogens with one attached hydrogen (secondary N) is 2. The molecule has 2 aliphatic carbocycles. The van der Waals surface area contributed by atoms with Gasteiger partial charge in [-0.3, -0.25) is 14.5 Å². The van der Waals surface area contributed by atoms with Crippen LogP contribution in [0.1, 0.15) is 57.8 Å². The van der Waals surface area contributed by atoms with Crippen molar-refractivity contribution in [2.75, 3.05) is 16.3 Å². The second-order valence-corrected chi connectivity index (χ2v) is 14.0. The highest BCUT2D eigenvalue weighted by Crippen LogP contribution is 2.48. The first kappa shape index (κ1) is 24.7. The van der Waals surface area contributed by atoms with Crippen molar-refractivity contribution in [3.05, 3.63) is 29.5 Å². The number of amidine groups is 1. The van der Waals surface area contributed by atoms with Crippen molar-refractivity contribution in [2.45, 2.75) is 80.8 Å². The number of hydrazine groups is 1. The summed E-state index contributed by atoms with van der Waals surface area (Å²) in [4.78, 5) is 13.9. The average molecular weight is 550 g/mol. The fraction of sp³-hybridized carbons (Fsp3) is 0.583. The third-order valence-corrected chi connectivity index (χ3v) is 10.2. The Bertz CT molecular complexity index is 1430. The van der Waals surface area contributed by atoms with Gasteiger partial charge in [0.2, 0.25) is 10.0 Å². The number of fused-ring (bicyclic) bond motifs is 4. The van der Waals surface area contributed by atoms with Gasteiger partial charge in [0, 0.05) is 17.8 Å². The first-order valence-corrected chi connectivity index (χ1v) is 16.2. The normalized spacial score (nSPS) is 29.9. The summed E-state index contributed by atoms with van der Waals surface area (Å²) < 4.78 is 55.7. The Hall–Kier alpha value is -2.64. The minimum atomic E-state index is -4.28. The molecular formula is C24H31N5O6S2. The Balaban J connectivity index is 1.41. The molecule has 5 aliphatic rings. The molecule has 2 saturated carbocycles. The van der Waals surface area contributed by atoms with Gasteiger partial charge in [-0.1, -0.05) is 25.7 Å². The second-order valence-electron chi connectivity index (χ2n) is 10.7. The average Bonchev–Trinajstić information content (AvgIpc) is 3.42. The Morgan fingerprint density at radius 2 is 1.86 bits per heavy atom. The van der Waals surface area contributed by atoms with Gasteiger partial charge in [-0.25, -0.2) is 13.4 Å². The number of hydrogen-bond donors (Lipinski definition) is 3. The quantitative estimate of drug-likeness (QED) is 0.519. The van der Waals surface area contributed by atoms with Gasteiger partial charge in [-0.15, -0.1) is 4.40 Å². The van der Waals surface area contributed by atoms with Crippen LogP contribution in [0.2, 0.25) is 0 Å². The van der Waals surface area contributed by atoms with E-state index in [0.717, 1.165) is 57.6 Å². The van der Waals surface area contributed by atoms with Gasteiger partial charge in [0.25, 0.3) is 15.9 Å². The third kappa shape index (κ3) is 4.20. The molecule has 3 unspecified atom stereocenters. The van der Waals surface area contributed by atoms with Crippen LogP contribution in [0.25, 0.3) is 0 Å². The zero-order valence-electron chi connectivity index (χ0n) is 20.6. The smallest absolute Gasteiger partial charge is 0.286 e. The Labute approximate surface area is 216 Å². The molecule has 0 spiro atoms. The van der Waals surface area contributed by atoms with Crippen LogP contribution in [0.4, 0.5) is 11.4 Å². The summed E-state index contributed by atoms with van der Waals surface area (Å²) >= 11 is 0. The van der Waals surface area contributed by atoms with E-state index in [1.165, 1.54) is 18.2 Å². The van der Waals surface area contributed by atoms with E-state index >= 15 is 0 Å². The number of sulfonamides is 2. The first-order chi connectivity index (χ1) is 17.5. The predicted octanol–water partition coefficient (Wildman–Crippen LogP) is 2.72. The summed E-state index contributed by atoms with van der Waals surface area (Å²) in [5, 5.41) is 18.3. The van der Waals surface area contributed by atoms with E-state index in [9.17, 15) is 26.7 Å². The van der Waals surface area contributed by atoms with Crippen molar-refractivity contribution in [3.8, 4) is 0 Å². The molecule has 0 radical (unpaired) electrons. The Morgan fingerprint density at radius 1 is 1.11 bits per heavy atom. The minimum Gasteiger partial charge on any atom is -0.510 e. The summed E-state index contributed by atoms with van der Waals surface area (Å²) in [5.74, 6) is -0.367. The van der Waals surface area contributed by atoms with Crippen molar-refractivity contribution >= 4 is 43.2 Å². The SMILES string of the molecule is CS(=O)(=O)Nc1ccc2c(c1)S(=O)(=O)N=C(C1=C(O)C3CC4CCCC4N3N(C3CCCCC3)C1=O)N2. The lowest BCUT2D eigenvalue weighted by molar-refractivity contribution is -0.164. The molecule has 3 atom stereocenters. The highest BCUT2D eigenvalue weighted by molar-refractivity contribution is 7.92. The zero-order valence-corrected chi connectivity index (χ0v) is 22.2. The van der Waals surface area contributed by atoms with Gasteiger partial charge in [0.05, 0.1) is 18.0 Å². The molecule has 3 heterocycles. The molecule has 3 aliphatic heterocycles. The van der Waals surface area contributed by atoms with Gasteiger partial charge < -0.3 is 10.4 Å². The van der Waals surface area contributed by atoms with Crippen molar-refractivity contribution in [1.29, 1.82) is 0 Å². The Kier molecular flexibility index (Phi) is 5.81. The lowest BCUT2D eigenvalue weighted by Crippen LogP contribution is -2.61. The number of nitrogens with zero attached hydrogens (tertiary/aromatic N) is 3. The van der Waals surface area contributed by atoms with E-state index in [1.807, 2.05) is 5.01 Å². The number of aliphatic hydroxyl groups excluding tert-OH is 1. The maximum atomic E-state index is 14.1. The lowest BCUT2D eigenvalue weighted by atomic mass is 9.93. The molecule has 1 amide bonds. The number of aliphatic hydroxyl groups is 1. The molecule has 200 valence electrons. The van der Waals surface area contributed by atoms with Crippen LogP contribution in [-0.4, -0.2) is 68.1 Å². The molecule has 3 fully saturated rings. The van der Waals surface area contributed by atoms with Crippen LogP contribution in [0.3, 0.4) is 0 Å². The predicted molar refractivity (Wildman–Crippen MR) is 138 cm³/mol. The van der Waals surface area contributed by atoms with E-state index in [0.29, 0.717) is 12.3 Å². The number of hydrogen-bond acceptors (Lipinski definition) is 8. The van der Waals surface area contributed by atoms with Crippen LogP contribution in [0, 0.1) is 5.92 Å². The van der Waals surface area contributed by atoms with E-state index < -0.39 is 26.0 Å². The van der Waals surface area contributed by atoms with E-state index in [1.54, 1.807) is 0 Å². The van der Waals surface area contributed by atoms with Crippen LogP contribution >= 0.6 is 0 Å². The van der Waals surface area contributed by atoms with Crippen LogP contribution in [0.5, 0.6) is 0 Å². The number of benzene rings is 1. The first-order valence-electron chi connectivity index (χ1n) is 12.8. The maximum Gasteiger partial charge on any atom is 0.286 e. The molecule has 37 heavy (non-hydrogen) atoms. The second kappa shape index (κ2) is 8.70. The number of rotatable bonds is 4. The fourth-order valence-electron chi connectivity index (χ4n) is 6.76. The standard InChI is InChI=1S/C24H31N5O6S2/c1-36(32,33)26-15-10-11-17-20(13-15)37(34,35)27-23(25-17)21-22(30)19-12-14-6-5-9-18(14)29(19)28(24(21)31)16-7-3-2-4-8-16/h10-11,13-14,16,18-19,26,30H,2-9,12H2,1H3,(H,25,27). The summed E-state index contributed by atoms with van der Waals surface area (Å²) in [6.07, 6.45) is 9.74. The minimum absolute atomic E-state index is 0.00362. The molecule has 1 aromatic carbocycles. The summed E-state index contributed by atoms with van der Waals surface area (Å²) in [5.41, 5.74) is 0.143. The molecule has 13 heteroatoms. The van der Waals surface area contributed by atoms with Crippen molar-refractivity contribution in [1.82, 2.24) is 10.0 Å². The van der Waals surface area contributed by atoms with Gasteiger partial charge in [0.15, 0.2) is 5.84 Å². The van der Waals surface area contributed by atoms with Crippen LogP contribution in [-0.2, 0) is 24.8 Å². The summed E-state index contributed by atoms with van der Waals surface area (Å²) in [7, 11) is -7.90. The molecule has 0 aromatic heterocycles. The van der Waals surface area contributed by atoms with Gasteiger partial charge >= 0.3 is 0 Å². The number of carbonyl (C=O) groups is 1. The van der Waals surface area contributed by atoms with Crippen molar-refractivity contribution < 1.29 is 26.7 Å². The molecule has 11 nitrogen and oxygen atoms in total. The van der Waals surface area contributed by atoms with Gasteiger partial charge in [0.1, 0.15) is 16.2 Å². The van der Waals surface area contributed by atoms with Gasteiger partial charge in [-0.05, 0) is 56.2 Å². The fourth-order valence-corrected chi connectivity index (χ4v) is 8.46. The number of carbonyl (C=O) groups excluding carboxylic acids is 1. The van der Waals surface area contributed by atoms with E-state index in [2.05, 4.69) is 19.4 Å². The molecule has 1 saturated heterocycles. The maximum absolute atomic E-state index is 14.1. The third-order valence-electron chi connectivity index (χ3n) is 8.23. The summed E-state index contributed by atoms with van der Waals surface area (Å²) in [6, 6.07) is 3.85. The van der Waals surface area contributed by atoms with Gasteiger partial charge in [-0.2, -0.15) is 8.42 Å². The highest BCUT2D eigenvalue weighted by Gasteiger charge is 2.55.